The molecule has 1 aromatic heterocycles. The third-order valence-electron chi connectivity index (χ3n) is 12.3. The van der Waals surface area contributed by atoms with Gasteiger partial charge in [0.2, 0.25) is 53.2 Å². The first-order valence-corrected chi connectivity index (χ1v) is 27.5. The molecule has 1 aromatic carbocycles. The molecule has 9 atom stereocenters. The highest BCUT2D eigenvalue weighted by Gasteiger charge is 2.36. The summed E-state index contributed by atoms with van der Waals surface area (Å²) in [7, 11) is 0. The summed E-state index contributed by atoms with van der Waals surface area (Å²) in [4.78, 5) is 165. The molecule has 0 aliphatic carbocycles. The largest absolute Gasteiger partial charge is 0.481 e. The number of aromatic amines is 1. The van der Waals surface area contributed by atoms with Crippen LogP contribution in [0.1, 0.15) is 84.6 Å². The molecule has 0 aliphatic heterocycles. The monoisotopic (exact) mass is 1190 g/mol. The molecule has 0 aliphatic rings. The van der Waals surface area contributed by atoms with Crippen LogP contribution >= 0.6 is 25.3 Å². The van der Waals surface area contributed by atoms with E-state index < -0.39 is 151 Å². The molecular formula is C50H79N15O15S2. The summed E-state index contributed by atoms with van der Waals surface area (Å²) in [6.07, 6.45) is 0.0533. The van der Waals surface area contributed by atoms with Crippen molar-refractivity contribution in [3.63, 3.8) is 0 Å². The molecular weight excluding hydrogens is 1110 g/mol. The van der Waals surface area contributed by atoms with Crippen molar-refractivity contribution in [2.75, 3.05) is 31.1 Å². The van der Waals surface area contributed by atoms with Gasteiger partial charge in [0.05, 0.1) is 25.4 Å². The van der Waals surface area contributed by atoms with Gasteiger partial charge in [-0.25, -0.2) is 4.79 Å². The van der Waals surface area contributed by atoms with Gasteiger partial charge in [0, 0.05) is 41.6 Å². The maximum atomic E-state index is 14.1. The highest BCUT2D eigenvalue weighted by atomic mass is 32.1. The zero-order chi connectivity index (χ0) is 61.8. The number of aromatic nitrogens is 1. The Balaban J connectivity index is 2.34. The fourth-order valence-corrected chi connectivity index (χ4v) is 8.38. The molecule has 0 unspecified atom stereocenters. The van der Waals surface area contributed by atoms with Crippen molar-refractivity contribution in [3.8, 4) is 0 Å². The average molecular weight is 1190 g/mol. The average Bonchev–Trinajstić information content (AvgIpc) is 3.83. The summed E-state index contributed by atoms with van der Waals surface area (Å²) < 4.78 is 0. The number of para-hydroxylation sites is 1. The summed E-state index contributed by atoms with van der Waals surface area (Å²) in [5.41, 5.74) is 23.2. The number of rotatable bonds is 38. The third-order valence-corrected chi connectivity index (χ3v) is 13.0. The number of nitrogens with two attached hydrogens (primary N) is 4. The Morgan fingerprint density at radius 1 is 0.598 bits per heavy atom. The van der Waals surface area contributed by atoms with E-state index in [9.17, 15) is 72.9 Å². The highest BCUT2D eigenvalue weighted by molar-refractivity contribution is 7.80. The number of fused-ring (bicyclic) bond motifs is 1. The first kappa shape index (κ1) is 70.4. The van der Waals surface area contributed by atoms with Crippen LogP contribution in [0, 0.1) is 11.8 Å². The molecule has 21 N–H and O–H groups in total. The van der Waals surface area contributed by atoms with Crippen LogP contribution < -0.4 is 70.8 Å². The van der Waals surface area contributed by atoms with Gasteiger partial charge in [0.1, 0.15) is 48.3 Å². The SMILES string of the molecule is CC(C)C[C@H](NC(=O)[C@@H](NC(=O)[C@H](CC(=O)O)NC(=O)CNC(=O)[C@H](CCCN=C(N)N)NC(=O)[C@H](CS)NC(=O)[C@@H](N)CS)C(C)C)C(=O)N[C@@H](CC(=O)O)C(=O)N[C@@H](Cc1c[nH]c2ccccc12)C(=O)N[C@@H](CCCCN)C(=O)O. The molecule has 0 bridgehead atoms. The number of carbonyl (C=O) groups is 12. The molecule has 0 radical (unpaired) electrons. The Hall–Kier alpha value is -7.71. The Morgan fingerprint density at radius 2 is 1.12 bits per heavy atom. The van der Waals surface area contributed by atoms with Crippen LogP contribution in [-0.4, -0.2) is 183 Å². The summed E-state index contributed by atoms with van der Waals surface area (Å²) >= 11 is 8.06. The van der Waals surface area contributed by atoms with E-state index in [-0.39, 0.29) is 68.6 Å². The lowest BCUT2D eigenvalue weighted by Gasteiger charge is -2.29. The van der Waals surface area contributed by atoms with Gasteiger partial charge in [0.15, 0.2) is 5.96 Å². The van der Waals surface area contributed by atoms with Crippen molar-refractivity contribution in [2.45, 2.75) is 140 Å². The molecule has 32 heteroatoms. The van der Waals surface area contributed by atoms with E-state index in [1.807, 2.05) is 0 Å². The van der Waals surface area contributed by atoms with E-state index in [1.54, 1.807) is 44.3 Å². The minimum atomic E-state index is -1.88. The van der Waals surface area contributed by atoms with Crippen molar-refractivity contribution < 1.29 is 72.9 Å². The van der Waals surface area contributed by atoms with Gasteiger partial charge in [-0.1, -0.05) is 45.9 Å². The maximum absolute atomic E-state index is 14.1. The quantitative estimate of drug-likeness (QED) is 0.0131. The van der Waals surface area contributed by atoms with Gasteiger partial charge in [-0.15, -0.1) is 0 Å². The number of unbranched alkanes of at least 4 members (excludes halogenated alkanes) is 1. The van der Waals surface area contributed by atoms with E-state index in [2.05, 4.69) is 83.1 Å². The first-order chi connectivity index (χ1) is 38.6. The van der Waals surface area contributed by atoms with E-state index in [0.717, 1.165) is 0 Å². The van der Waals surface area contributed by atoms with Crippen LogP contribution in [0.25, 0.3) is 10.9 Å². The second kappa shape index (κ2) is 35.9. The van der Waals surface area contributed by atoms with E-state index in [1.165, 1.54) is 13.8 Å². The van der Waals surface area contributed by atoms with Crippen molar-refractivity contribution >= 4 is 113 Å². The van der Waals surface area contributed by atoms with E-state index in [4.69, 9.17) is 22.9 Å². The normalized spacial score (nSPS) is 14.4. The highest BCUT2D eigenvalue weighted by Crippen LogP contribution is 2.20. The Bertz CT molecular complexity index is 2580. The lowest BCUT2D eigenvalue weighted by atomic mass is 9.99. The molecule has 0 saturated heterocycles. The Morgan fingerprint density at radius 3 is 1.70 bits per heavy atom. The number of nitrogens with one attached hydrogen (secondary N) is 10. The number of nitrogens with zero attached hydrogens (tertiary/aromatic N) is 1. The van der Waals surface area contributed by atoms with Gasteiger partial charge in [0.25, 0.3) is 0 Å². The minimum absolute atomic E-state index is 0.00362. The van der Waals surface area contributed by atoms with Crippen LogP contribution in [0.2, 0.25) is 0 Å². The van der Waals surface area contributed by atoms with Crippen LogP contribution in [0.15, 0.2) is 35.5 Å². The molecule has 0 saturated carbocycles. The zero-order valence-electron chi connectivity index (χ0n) is 46.0. The number of H-pyrrole nitrogens is 1. The van der Waals surface area contributed by atoms with E-state index in [0.29, 0.717) is 29.3 Å². The lowest BCUT2D eigenvalue weighted by molar-refractivity contribution is -0.143. The number of thiol groups is 2. The number of aliphatic carboxylic acids is 3. The van der Waals surface area contributed by atoms with Crippen LogP contribution in [-0.2, 0) is 64.0 Å². The maximum Gasteiger partial charge on any atom is 0.326 e. The number of carbonyl (C=O) groups excluding carboxylic acids is 9. The molecule has 0 fully saturated rings. The summed E-state index contributed by atoms with van der Waals surface area (Å²) in [5, 5.41) is 51.7. The zero-order valence-corrected chi connectivity index (χ0v) is 47.8. The molecule has 82 heavy (non-hydrogen) atoms. The smallest absolute Gasteiger partial charge is 0.326 e. The fourth-order valence-electron chi connectivity index (χ4n) is 7.95. The third kappa shape index (κ3) is 25.0. The predicted molar refractivity (Wildman–Crippen MR) is 305 cm³/mol. The standard InChI is InChI=1S/C50H79N15O15S2/c1-24(2)16-32(43(73)62-35(19-39(69)70)45(75)61-33(17-26-20-56-29-11-6-5-10-27(26)29)44(74)60-31(49(79)80)12-7-8-14-51)63-48(78)40(25(3)4)65-46(76)34(18-38(67)68)58-37(66)21-57-42(72)30(13-9-15-55-50(53)54)59-47(77)36(23-82)64-41(71)28(52)22-81/h5-6,10-11,20,24-25,28,30-36,40,56,81-82H,7-9,12-19,21-23,51-52H2,1-4H3,(H,57,72)(H,58,66)(H,59,77)(H,60,74)(H,61,75)(H,62,73)(H,63,78)(H,64,71)(H,65,76)(H,67,68)(H,69,70)(H,79,80)(H4,53,54,55)/t28-,30-,31-,32-,33-,34-,35-,36-,40-/m0/s1. The van der Waals surface area contributed by atoms with E-state index >= 15 is 0 Å². The number of hydrogen-bond acceptors (Lipinski definition) is 17. The van der Waals surface area contributed by atoms with Gasteiger partial charge >= 0.3 is 17.9 Å². The second-order valence-corrected chi connectivity index (χ2v) is 20.6. The van der Waals surface area contributed by atoms with Crippen LogP contribution in [0.3, 0.4) is 0 Å². The van der Waals surface area contributed by atoms with Gasteiger partial charge in [-0.2, -0.15) is 25.3 Å². The van der Waals surface area contributed by atoms with Crippen molar-refractivity contribution in [2.24, 2.45) is 39.8 Å². The lowest BCUT2D eigenvalue weighted by Crippen LogP contribution is -2.61. The van der Waals surface area contributed by atoms with Crippen LogP contribution in [0.5, 0.6) is 0 Å². The minimum Gasteiger partial charge on any atom is -0.481 e. The number of hydrogen-bond donors (Lipinski definition) is 19. The number of carboxylic acids is 3. The molecule has 9 amide bonds. The topological polar surface area (TPSA) is 506 Å². The van der Waals surface area contributed by atoms with Gasteiger partial charge in [-0.05, 0) is 68.5 Å². The molecule has 1 heterocycles. The van der Waals surface area contributed by atoms with Gasteiger partial charge < -0.3 is 91.1 Å². The number of benzene rings is 1. The number of carboxylic acid groups (broad SMARTS) is 3. The first-order valence-electron chi connectivity index (χ1n) is 26.3. The second-order valence-electron chi connectivity index (χ2n) is 19.9. The summed E-state index contributed by atoms with van der Waals surface area (Å²) in [6, 6.07) is -6.37. The van der Waals surface area contributed by atoms with Crippen molar-refractivity contribution in [1.82, 2.24) is 52.8 Å². The summed E-state index contributed by atoms with van der Waals surface area (Å²) in [5.74, 6) is -15.0. The molecule has 2 rings (SSSR count). The fraction of sp³-hybridized carbons (Fsp3) is 0.580. The molecule has 30 nitrogen and oxygen atoms in total. The van der Waals surface area contributed by atoms with Crippen molar-refractivity contribution in [3.05, 3.63) is 36.0 Å². The van der Waals surface area contributed by atoms with Crippen molar-refractivity contribution in [1.29, 1.82) is 0 Å². The Labute approximate surface area is 483 Å². The predicted octanol–water partition coefficient (Wildman–Crippen LogP) is -4.19. The Kier molecular flexibility index (Phi) is 30.8. The van der Waals surface area contributed by atoms with Gasteiger partial charge in [-0.3, -0.25) is 57.7 Å². The molecule has 456 valence electrons. The number of aliphatic imine (C=N–C) groups is 1. The number of guanidine groups is 1. The van der Waals surface area contributed by atoms with Crippen LogP contribution in [0.4, 0.5) is 0 Å². The molecule has 0 spiro atoms. The summed E-state index contributed by atoms with van der Waals surface area (Å²) in [6.45, 7) is 5.78. The number of amides is 9. The molecule has 2 aromatic rings.